The molecule has 0 aliphatic carbocycles. The number of thiophene rings is 1. The largest absolute Gasteiger partial charge is 0.345 e. The molecule has 1 rings (SSSR count). The summed E-state index contributed by atoms with van der Waals surface area (Å²) in [5.41, 5.74) is 0. The fraction of sp³-hybridized carbons (Fsp3) is 0.588. The molecule has 1 aromatic rings. The van der Waals surface area contributed by atoms with Crippen LogP contribution in [0.3, 0.4) is 0 Å². The van der Waals surface area contributed by atoms with Crippen LogP contribution in [0.15, 0.2) is 17.5 Å². The van der Waals surface area contributed by atoms with Crippen LogP contribution in [0.2, 0.25) is 0 Å². The predicted octanol–water partition coefficient (Wildman–Crippen LogP) is 3.72. The average molecular weight is 404 g/mol. The molecule has 25 heavy (non-hydrogen) atoms. The van der Waals surface area contributed by atoms with Crippen LogP contribution in [0.1, 0.15) is 38.1 Å². The van der Waals surface area contributed by atoms with Crippen LogP contribution in [0.5, 0.6) is 0 Å². The van der Waals surface area contributed by atoms with Crippen molar-refractivity contribution in [1.29, 1.82) is 5.26 Å². The Morgan fingerprint density at radius 1 is 1.40 bits per heavy atom. The molecule has 0 radical (unpaired) electrons. The second-order valence-corrected chi connectivity index (χ2v) is 6.14. The second kappa shape index (κ2) is 16.5. The van der Waals surface area contributed by atoms with Gasteiger partial charge in [0.05, 0.1) is 24.6 Å². The maximum atomic E-state index is 12.1. The van der Waals surface area contributed by atoms with E-state index in [4.69, 9.17) is 4.79 Å². The molecule has 0 spiro atoms. The number of thiol groups is 2. The summed E-state index contributed by atoms with van der Waals surface area (Å²) in [5.74, 6) is -0.0114. The van der Waals surface area contributed by atoms with Crippen molar-refractivity contribution in [2.45, 2.75) is 33.2 Å². The quantitative estimate of drug-likeness (QED) is 0.414. The molecule has 0 bridgehead atoms. The van der Waals surface area contributed by atoms with E-state index in [2.05, 4.69) is 29.4 Å². The summed E-state index contributed by atoms with van der Waals surface area (Å²) < 4.78 is 0. The van der Waals surface area contributed by atoms with Crippen molar-refractivity contribution in [3.8, 4) is 6.07 Å². The third-order valence-electron chi connectivity index (χ3n) is 3.58. The molecule has 8 heteroatoms. The summed E-state index contributed by atoms with van der Waals surface area (Å²) in [6.45, 7) is 6.46. The van der Waals surface area contributed by atoms with E-state index in [-0.39, 0.29) is 17.9 Å². The minimum atomic E-state index is -0.0987. The summed E-state index contributed by atoms with van der Waals surface area (Å²) in [5, 5.41) is 11.4. The molecule has 1 aromatic heterocycles. The summed E-state index contributed by atoms with van der Waals surface area (Å²) in [4.78, 5) is 25.7. The lowest BCUT2D eigenvalue weighted by Gasteiger charge is -2.31. The van der Waals surface area contributed by atoms with E-state index in [0.717, 1.165) is 17.6 Å². The number of hydrogen-bond donors (Lipinski definition) is 2. The molecular formula is C17H29N3O2S3. The summed E-state index contributed by atoms with van der Waals surface area (Å²) in [7, 11) is 3.73. The zero-order chi connectivity index (χ0) is 19.8. The van der Waals surface area contributed by atoms with Crippen molar-refractivity contribution in [3.05, 3.63) is 22.4 Å². The van der Waals surface area contributed by atoms with Crippen LogP contribution in [0.4, 0.5) is 0 Å². The van der Waals surface area contributed by atoms with E-state index in [1.807, 2.05) is 43.3 Å². The Balaban J connectivity index is 0. The molecule has 0 saturated carbocycles. The minimum Gasteiger partial charge on any atom is -0.345 e. The van der Waals surface area contributed by atoms with Crippen LogP contribution in [0.25, 0.3) is 0 Å². The van der Waals surface area contributed by atoms with Gasteiger partial charge in [0, 0.05) is 18.5 Å². The van der Waals surface area contributed by atoms with Gasteiger partial charge in [0.15, 0.2) is 0 Å². The number of nitrogens with zero attached hydrogens (tertiary/aromatic N) is 3. The Morgan fingerprint density at radius 3 is 2.32 bits per heavy atom. The van der Waals surface area contributed by atoms with E-state index in [9.17, 15) is 10.1 Å². The molecule has 142 valence electrons. The van der Waals surface area contributed by atoms with E-state index >= 15 is 0 Å². The molecule has 0 saturated heterocycles. The molecule has 5 nitrogen and oxygen atoms in total. The number of nitriles is 1. The third kappa shape index (κ3) is 9.90. The minimum absolute atomic E-state index is 0.0146. The molecule has 0 aliphatic rings. The van der Waals surface area contributed by atoms with Gasteiger partial charge in [-0.25, -0.2) is 0 Å². The van der Waals surface area contributed by atoms with E-state index in [0.29, 0.717) is 13.1 Å². The van der Waals surface area contributed by atoms with Crippen molar-refractivity contribution in [2.75, 3.05) is 27.2 Å². The predicted molar refractivity (Wildman–Crippen MR) is 112 cm³/mol. The van der Waals surface area contributed by atoms with Gasteiger partial charge in [0.1, 0.15) is 6.29 Å². The van der Waals surface area contributed by atoms with Crippen molar-refractivity contribution >= 4 is 46.9 Å². The molecule has 2 atom stereocenters. The first kappa shape index (κ1) is 26.2. The van der Waals surface area contributed by atoms with Gasteiger partial charge in [-0.2, -0.15) is 5.26 Å². The molecule has 1 heterocycles. The molecular weight excluding hydrogens is 374 g/mol. The third-order valence-corrected chi connectivity index (χ3v) is 4.52. The first-order chi connectivity index (χ1) is 12.0. The van der Waals surface area contributed by atoms with E-state index in [1.165, 1.54) is 6.92 Å². The van der Waals surface area contributed by atoms with Gasteiger partial charge in [0.25, 0.3) is 0 Å². The number of likely N-dealkylation sites (N-methyl/N-ethyl adjacent to an activating group) is 2. The Bertz CT molecular complexity index is 504. The number of aldehydes is 1. The fourth-order valence-corrected chi connectivity index (χ4v) is 3.13. The first-order valence-corrected chi connectivity index (χ1v) is 10.4. The van der Waals surface area contributed by atoms with E-state index < -0.39 is 0 Å². The lowest BCUT2D eigenvalue weighted by atomic mass is 9.96. The van der Waals surface area contributed by atoms with Gasteiger partial charge in [-0.05, 0) is 38.8 Å². The van der Waals surface area contributed by atoms with Crippen LogP contribution < -0.4 is 0 Å². The molecule has 0 fully saturated rings. The van der Waals surface area contributed by atoms with Crippen molar-refractivity contribution < 1.29 is 9.59 Å². The highest BCUT2D eigenvalue weighted by molar-refractivity contribution is 8.59. The van der Waals surface area contributed by atoms with Gasteiger partial charge >= 0.3 is 0 Å². The second-order valence-electron chi connectivity index (χ2n) is 5.16. The zero-order valence-electron chi connectivity index (χ0n) is 15.5. The number of carbonyl (C=O) groups excluding carboxylic acids is 2. The monoisotopic (exact) mass is 403 g/mol. The Morgan fingerprint density at radius 2 is 1.96 bits per heavy atom. The van der Waals surface area contributed by atoms with Crippen LogP contribution in [-0.2, 0) is 9.59 Å². The van der Waals surface area contributed by atoms with Crippen molar-refractivity contribution in [3.63, 3.8) is 0 Å². The summed E-state index contributed by atoms with van der Waals surface area (Å²) in [6.07, 6.45) is 1.53. The number of amides is 1. The Kier molecular flexibility index (Phi) is 17.3. The Labute approximate surface area is 166 Å². The molecule has 0 N–H and O–H groups in total. The summed E-state index contributed by atoms with van der Waals surface area (Å²) >= 11 is 8.09. The van der Waals surface area contributed by atoms with Gasteiger partial charge in [-0.3, -0.25) is 9.69 Å². The fourth-order valence-electron chi connectivity index (χ4n) is 2.18. The number of carbonyl (C=O) groups is 2. The maximum absolute atomic E-state index is 12.1. The first-order valence-electron chi connectivity index (χ1n) is 7.93. The smallest absolute Gasteiger partial charge is 0.236 e. The number of hydrogen-bond acceptors (Lipinski definition) is 7. The van der Waals surface area contributed by atoms with Crippen LogP contribution in [0, 0.1) is 17.2 Å². The standard InChI is InChI=1S/C15H23N3OS.C2H4O.H2S2/c1-5-12(10-16)15(13-8-7-9-20-13)18(4)11-14(19)17(3)6-2;1-2-3;1-2/h7-9,12,15H,5-6,11H2,1-4H3;2H,1H3;1-2H. The molecule has 0 aliphatic heterocycles. The highest BCUT2D eigenvalue weighted by Crippen LogP contribution is 2.32. The summed E-state index contributed by atoms with van der Waals surface area (Å²) in [6, 6.07) is 6.40. The average Bonchev–Trinajstić information content (AvgIpc) is 3.14. The zero-order valence-corrected chi connectivity index (χ0v) is 18.2. The van der Waals surface area contributed by atoms with Gasteiger partial charge < -0.3 is 9.69 Å². The van der Waals surface area contributed by atoms with Gasteiger partial charge in [-0.15, -0.1) is 34.7 Å². The highest BCUT2D eigenvalue weighted by Gasteiger charge is 2.28. The van der Waals surface area contributed by atoms with Crippen LogP contribution in [-0.4, -0.2) is 49.2 Å². The Hall–Kier alpha value is -1.01. The van der Waals surface area contributed by atoms with Crippen molar-refractivity contribution in [2.24, 2.45) is 5.92 Å². The van der Waals surface area contributed by atoms with E-state index in [1.54, 1.807) is 23.3 Å². The SMILES string of the molecule is CC=O.CCC(C#N)C(c1cccs1)N(C)CC(=O)N(C)CC.SS. The van der Waals surface area contributed by atoms with Crippen LogP contribution >= 0.6 is 34.7 Å². The lowest BCUT2D eigenvalue weighted by molar-refractivity contribution is -0.131. The normalized spacial score (nSPS) is 11.8. The van der Waals surface area contributed by atoms with Gasteiger partial charge in [0.2, 0.25) is 5.91 Å². The molecule has 2 unspecified atom stereocenters. The van der Waals surface area contributed by atoms with Gasteiger partial charge in [-0.1, -0.05) is 13.0 Å². The highest BCUT2D eigenvalue weighted by atomic mass is 33.1. The lowest BCUT2D eigenvalue weighted by Crippen LogP contribution is -2.39. The number of rotatable bonds is 7. The van der Waals surface area contributed by atoms with Crippen molar-refractivity contribution in [1.82, 2.24) is 9.80 Å². The molecule has 0 aromatic carbocycles. The maximum Gasteiger partial charge on any atom is 0.236 e. The molecule has 1 amide bonds. The topological polar surface area (TPSA) is 64.4 Å².